The Balaban J connectivity index is 1.69. The summed E-state index contributed by atoms with van der Waals surface area (Å²) in [5, 5.41) is 11.9. The van der Waals surface area contributed by atoms with Crippen molar-refractivity contribution < 1.29 is 24.2 Å². The van der Waals surface area contributed by atoms with Gasteiger partial charge < -0.3 is 20.1 Å². The SMILES string of the molecule is CC(C)C[C@H](NC(=O)OCC1c2ccccc2-c2ccccc21)C(=O)N(C)[C@@H](C)C(=O)O. The van der Waals surface area contributed by atoms with Crippen molar-refractivity contribution in [1.82, 2.24) is 10.2 Å². The van der Waals surface area contributed by atoms with E-state index >= 15 is 0 Å². The first-order valence-corrected chi connectivity index (χ1v) is 10.8. The Morgan fingerprint density at radius 3 is 2.03 bits per heavy atom. The number of nitrogens with one attached hydrogen (secondary N) is 1. The van der Waals surface area contributed by atoms with Crippen molar-refractivity contribution in [2.75, 3.05) is 13.7 Å². The van der Waals surface area contributed by atoms with Gasteiger partial charge in [0.05, 0.1) is 0 Å². The second-order valence-electron chi connectivity index (χ2n) is 8.62. The van der Waals surface area contributed by atoms with E-state index in [9.17, 15) is 19.5 Å². The highest BCUT2D eigenvalue weighted by molar-refractivity contribution is 5.89. The number of carboxylic acid groups (broad SMARTS) is 1. The maximum atomic E-state index is 12.8. The molecule has 1 aliphatic rings. The summed E-state index contributed by atoms with van der Waals surface area (Å²) >= 11 is 0. The molecule has 0 spiro atoms. The molecule has 2 N–H and O–H groups in total. The summed E-state index contributed by atoms with van der Waals surface area (Å²) in [6.07, 6.45) is -0.318. The van der Waals surface area contributed by atoms with Gasteiger partial charge in [-0.3, -0.25) is 4.79 Å². The number of fused-ring (bicyclic) bond motifs is 3. The van der Waals surface area contributed by atoms with Gasteiger partial charge >= 0.3 is 12.1 Å². The van der Waals surface area contributed by atoms with Gasteiger partial charge in [-0.05, 0) is 41.5 Å². The third kappa shape index (κ3) is 4.93. The van der Waals surface area contributed by atoms with Crippen LogP contribution in [0.25, 0.3) is 11.1 Å². The fourth-order valence-corrected chi connectivity index (χ4v) is 4.08. The molecule has 0 saturated heterocycles. The Labute approximate surface area is 188 Å². The molecule has 3 rings (SSSR count). The van der Waals surface area contributed by atoms with Crippen molar-refractivity contribution in [1.29, 1.82) is 0 Å². The average molecular weight is 439 g/mol. The molecule has 2 atom stereocenters. The molecular weight excluding hydrogens is 408 g/mol. The molecule has 2 aromatic rings. The molecule has 7 nitrogen and oxygen atoms in total. The number of alkyl carbamates (subject to hydrolysis) is 1. The molecule has 0 radical (unpaired) electrons. The monoisotopic (exact) mass is 438 g/mol. The molecule has 2 aromatic carbocycles. The Hall–Kier alpha value is -3.35. The van der Waals surface area contributed by atoms with Crippen LogP contribution in [0.15, 0.2) is 48.5 Å². The first-order chi connectivity index (χ1) is 15.2. The molecule has 1 aliphatic carbocycles. The lowest BCUT2D eigenvalue weighted by molar-refractivity contribution is -0.149. The van der Waals surface area contributed by atoms with E-state index < -0.39 is 30.1 Å². The van der Waals surface area contributed by atoms with Crippen LogP contribution in [-0.2, 0) is 14.3 Å². The van der Waals surface area contributed by atoms with Crippen molar-refractivity contribution >= 4 is 18.0 Å². The molecule has 0 unspecified atom stereocenters. The highest BCUT2D eigenvalue weighted by atomic mass is 16.5. The zero-order valence-electron chi connectivity index (χ0n) is 18.9. The number of nitrogens with zero attached hydrogens (tertiary/aromatic N) is 1. The van der Waals surface area contributed by atoms with Crippen LogP contribution in [0.2, 0.25) is 0 Å². The number of carbonyl (C=O) groups excluding carboxylic acids is 2. The minimum absolute atomic E-state index is 0.0814. The zero-order valence-corrected chi connectivity index (χ0v) is 18.9. The topological polar surface area (TPSA) is 95.9 Å². The quantitative estimate of drug-likeness (QED) is 0.652. The van der Waals surface area contributed by atoms with Gasteiger partial charge in [0.25, 0.3) is 0 Å². The van der Waals surface area contributed by atoms with E-state index in [1.165, 1.54) is 14.0 Å². The van der Waals surface area contributed by atoms with Crippen LogP contribution in [0, 0.1) is 5.92 Å². The van der Waals surface area contributed by atoms with Gasteiger partial charge in [0, 0.05) is 13.0 Å². The summed E-state index contributed by atoms with van der Waals surface area (Å²) in [6.45, 7) is 5.43. The molecule has 170 valence electrons. The van der Waals surface area contributed by atoms with E-state index in [1.807, 2.05) is 50.2 Å². The molecule has 0 heterocycles. The number of aliphatic carboxylic acids is 1. The van der Waals surface area contributed by atoms with Crippen molar-refractivity contribution in [3.8, 4) is 11.1 Å². The predicted molar refractivity (Wildman–Crippen MR) is 121 cm³/mol. The van der Waals surface area contributed by atoms with E-state index in [4.69, 9.17) is 4.74 Å². The molecule has 7 heteroatoms. The lowest BCUT2D eigenvalue weighted by atomic mass is 9.98. The van der Waals surface area contributed by atoms with Crippen LogP contribution in [0.5, 0.6) is 0 Å². The van der Waals surface area contributed by atoms with Gasteiger partial charge in [-0.25, -0.2) is 9.59 Å². The van der Waals surface area contributed by atoms with Crippen molar-refractivity contribution in [2.45, 2.75) is 45.2 Å². The number of hydrogen-bond donors (Lipinski definition) is 2. The number of rotatable bonds is 8. The molecular formula is C25H30N2O5. The smallest absolute Gasteiger partial charge is 0.407 e. The first-order valence-electron chi connectivity index (χ1n) is 10.8. The highest BCUT2D eigenvalue weighted by Crippen LogP contribution is 2.44. The number of likely N-dealkylation sites (N-methyl/N-ethyl adjacent to an activating group) is 1. The van der Waals surface area contributed by atoms with E-state index in [-0.39, 0.29) is 18.4 Å². The lowest BCUT2D eigenvalue weighted by Gasteiger charge is -2.28. The van der Waals surface area contributed by atoms with Crippen LogP contribution < -0.4 is 5.32 Å². The third-order valence-electron chi connectivity index (χ3n) is 5.93. The highest BCUT2D eigenvalue weighted by Gasteiger charge is 2.32. The molecule has 2 amide bonds. The number of carboxylic acids is 1. The Kier molecular flexibility index (Phi) is 7.18. The fourth-order valence-electron chi connectivity index (χ4n) is 4.08. The van der Waals surface area contributed by atoms with Gasteiger partial charge in [-0.1, -0.05) is 62.4 Å². The molecule has 32 heavy (non-hydrogen) atoms. The van der Waals surface area contributed by atoms with E-state index in [0.717, 1.165) is 27.2 Å². The Morgan fingerprint density at radius 1 is 1.00 bits per heavy atom. The van der Waals surface area contributed by atoms with Crippen molar-refractivity contribution in [3.63, 3.8) is 0 Å². The molecule has 0 fully saturated rings. The standard InChI is InChI=1S/C25H30N2O5/c1-15(2)13-22(23(28)27(4)16(3)24(29)30)26-25(31)32-14-21-19-11-7-5-9-17(19)18-10-6-8-12-20(18)21/h5-12,15-16,21-22H,13-14H2,1-4H3,(H,26,31)(H,29,30)/t16-,22-/m0/s1. The van der Waals surface area contributed by atoms with Crippen LogP contribution in [-0.4, -0.2) is 53.7 Å². The second-order valence-corrected chi connectivity index (χ2v) is 8.62. The summed E-state index contributed by atoms with van der Waals surface area (Å²) in [5.74, 6) is -1.53. The predicted octanol–water partition coefficient (Wildman–Crippen LogP) is 3.87. The Morgan fingerprint density at radius 2 is 1.53 bits per heavy atom. The largest absolute Gasteiger partial charge is 0.480 e. The molecule has 0 aromatic heterocycles. The minimum atomic E-state index is -1.11. The summed E-state index contributed by atoms with van der Waals surface area (Å²) in [6, 6.07) is 14.2. The maximum Gasteiger partial charge on any atom is 0.407 e. The summed E-state index contributed by atoms with van der Waals surface area (Å²) < 4.78 is 5.55. The van der Waals surface area contributed by atoms with Crippen molar-refractivity contribution in [3.05, 3.63) is 59.7 Å². The van der Waals surface area contributed by atoms with Crippen LogP contribution in [0.4, 0.5) is 4.79 Å². The van der Waals surface area contributed by atoms with Crippen LogP contribution >= 0.6 is 0 Å². The molecule has 0 saturated carbocycles. The van der Waals surface area contributed by atoms with E-state index in [2.05, 4.69) is 17.4 Å². The second kappa shape index (κ2) is 9.85. The van der Waals surface area contributed by atoms with Gasteiger partial charge in [0.1, 0.15) is 18.7 Å². The number of carbonyl (C=O) groups is 3. The van der Waals surface area contributed by atoms with Crippen LogP contribution in [0.3, 0.4) is 0 Å². The van der Waals surface area contributed by atoms with Gasteiger partial charge in [0.15, 0.2) is 0 Å². The number of hydrogen-bond acceptors (Lipinski definition) is 4. The Bertz CT molecular complexity index is 958. The number of amides is 2. The maximum absolute atomic E-state index is 12.8. The van der Waals surface area contributed by atoms with Crippen molar-refractivity contribution in [2.24, 2.45) is 5.92 Å². The summed E-state index contributed by atoms with van der Waals surface area (Å²) in [5.41, 5.74) is 4.47. The van der Waals surface area contributed by atoms with Gasteiger partial charge in [0.2, 0.25) is 5.91 Å². The summed E-state index contributed by atoms with van der Waals surface area (Å²) in [4.78, 5) is 37.9. The van der Waals surface area contributed by atoms with Crippen LogP contribution in [0.1, 0.15) is 44.2 Å². The molecule has 0 bridgehead atoms. The average Bonchev–Trinajstić information content (AvgIpc) is 3.09. The van der Waals surface area contributed by atoms with E-state index in [1.54, 1.807) is 0 Å². The number of benzene rings is 2. The fraction of sp³-hybridized carbons (Fsp3) is 0.400. The molecule has 0 aliphatic heterocycles. The summed E-state index contributed by atoms with van der Waals surface area (Å²) in [7, 11) is 1.42. The van der Waals surface area contributed by atoms with Gasteiger partial charge in [-0.15, -0.1) is 0 Å². The third-order valence-corrected chi connectivity index (χ3v) is 5.93. The van der Waals surface area contributed by atoms with Gasteiger partial charge in [-0.2, -0.15) is 0 Å². The van der Waals surface area contributed by atoms with E-state index in [0.29, 0.717) is 6.42 Å². The normalized spacial score (nSPS) is 14.3. The lowest BCUT2D eigenvalue weighted by Crippen LogP contribution is -2.52. The minimum Gasteiger partial charge on any atom is -0.480 e. The zero-order chi connectivity index (χ0) is 23.4. The number of ether oxygens (including phenoxy) is 1. The first kappa shape index (κ1) is 23.3.